The number of carbonyl (C=O) groups is 2. The SMILES string of the molecule is O=C1CNC(=O)N1c1cccc(NCC(O)CCl)c1. The van der Waals surface area contributed by atoms with Crippen molar-refractivity contribution >= 4 is 34.9 Å². The van der Waals surface area contributed by atoms with Crippen LogP contribution in [0.4, 0.5) is 16.2 Å². The predicted octanol–water partition coefficient (Wildman–Crippen LogP) is 0.754. The Morgan fingerprint density at radius 3 is 2.89 bits per heavy atom. The van der Waals surface area contributed by atoms with E-state index in [9.17, 15) is 14.7 Å². The number of hydrogen-bond acceptors (Lipinski definition) is 4. The number of nitrogens with zero attached hydrogens (tertiary/aromatic N) is 1. The molecule has 0 aliphatic carbocycles. The molecule has 1 saturated heterocycles. The van der Waals surface area contributed by atoms with Crippen LogP contribution in [0.3, 0.4) is 0 Å². The van der Waals surface area contributed by atoms with Crippen LogP contribution < -0.4 is 15.5 Å². The molecule has 1 aliphatic heterocycles. The highest BCUT2D eigenvalue weighted by Crippen LogP contribution is 2.21. The van der Waals surface area contributed by atoms with E-state index in [-0.39, 0.29) is 18.3 Å². The van der Waals surface area contributed by atoms with Gasteiger partial charge in [-0.1, -0.05) is 6.07 Å². The Bertz CT molecular complexity index is 479. The second kappa shape index (κ2) is 5.90. The third-order valence-electron chi connectivity index (χ3n) is 2.67. The smallest absolute Gasteiger partial charge is 0.329 e. The fourth-order valence-corrected chi connectivity index (χ4v) is 1.84. The molecular weight excluding hydrogens is 270 g/mol. The van der Waals surface area contributed by atoms with E-state index in [1.807, 2.05) is 0 Å². The van der Waals surface area contributed by atoms with Gasteiger partial charge in [-0.15, -0.1) is 11.6 Å². The lowest BCUT2D eigenvalue weighted by molar-refractivity contribution is -0.115. The molecule has 1 unspecified atom stereocenters. The molecule has 2 rings (SSSR count). The van der Waals surface area contributed by atoms with Crippen LogP contribution in [0.25, 0.3) is 0 Å². The van der Waals surface area contributed by atoms with E-state index in [4.69, 9.17) is 11.6 Å². The first-order chi connectivity index (χ1) is 9.11. The second-order valence-electron chi connectivity index (χ2n) is 4.13. The lowest BCUT2D eigenvalue weighted by Crippen LogP contribution is -2.30. The molecule has 1 aromatic carbocycles. The average molecular weight is 284 g/mol. The number of aliphatic hydroxyl groups excluding tert-OH is 1. The lowest BCUT2D eigenvalue weighted by Gasteiger charge is -2.15. The summed E-state index contributed by atoms with van der Waals surface area (Å²) in [6.45, 7) is 0.314. The van der Waals surface area contributed by atoms with Crippen LogP contribution in [0, 0.1) is 0 Å². The van der Waals surface area contributed by atoms with Gasteiger partial charge in [-0.2, -0.15) is 0 Å². The molecule has 7 heteroatoms. The molecule has 1 aliphatic rings. The fourth-order valence-electron chi connectivity index (χ4n) is 1.73. The third kappa shape index (κ3) is 3.15. The molecule has 3 amide bonds. The number of rotatable bonds is 5. The second-order valence-corrected chi connectivity index (χ2v) is 4.44. The first-order valence-electron chi connectivity index (χ1n) is 5.80. The van der Waals surface area contributed by atoms with E-state index in [0.717, 1.165) is 4.90 Å². The molecule has 0 aromatic heterocycles. The fraction of sp³-hybridized carbons (Fsp3) is 0.333. The van der Waals surface area contributed by atoms with E-state index < -0.39 is 12.1 Å². The molecule has 19 heavy (non-hydrogen) atoms. The molecule has 3 N–H and O–H groups in total. The summed E-state index contributed by atoms with van der Waals surface area (Å²) in [6, 6.07) is 6.42. The topological polar surface area (TPSA) is 81.7 Å². The number of imide groups is 1. The first-order valence-corrected chi connectivity index (χ1v) is 6.34. The van der Waals surface area contributed by atoms with Crippen molar-refractivity contribution in [3.05, 3.63) is 24.3 Å². The van der Waals surface area contributed by atoms with Crippen molar-refractivity contribution in [1.29, 1.82) is 0 Å². The summed E-state index contributed by atoms with van der Waals surface area (Å²) in [6.07, 6.45) is -0.651. The van der Waals surface area contributed by atoms with Crippen LogP contribution in [-0.4, -0.2) is 42.1 Å². The number of nitrogens with one attached hydrogen (secondary N) is 2. The summed E-state index contributed by atoms with van der Waals surface area (Å²) in [5.74, 6) is -0.150. The highest BCUT2D eigenvalue weighted by Gasteiger charge is 2.29. The minimum absolute atomic E-state index is 0.0153. The molecule has 0 spiro atoms. The summed E-state index contributed by atoms with van der Waals surface area (Å²) < 4.78 is 0. The molecule has 102 valence electrons. The van der Waals surface area contributed by atoms with Crippen LogP contribution in [-0.2, 0) is 4.79 Å². The zero-order valence-corrected chi connectivity index (χ0v) is 10.9. The number of alkyl halides is 1. The number of anilines is 2. The van der Waals surface area contributed by atoms with Crippen molar-refractivity contribution in [3.63, 3.8) is 0 Å². The van der Waals surface area contributed by atoms with Gasteiger partial charge in [0.15, 0.2) is 0 Å². The Labute approximate surface area is 115 Å². The van der Waals surface area contributed by atoms with Gasteiger partial charge in [0.2, 0.25) is 0 Å². The molecule has 1 fully saturated rings. The predicted molar refractivity (Wildman–Crippen MR) is 72.5 cm³/mol. The Morgan fingerprint density at radius 2 is 2.26 bits per heavy atom. The Hall–Kier alpha value is -1.79. The third-order valence-corrected chi connectivity index (χ3v) is 3.02. The number of aliphatic hydroxyl groups is 1. The monoisotopic (exact) mass is 283 g/mol. The van der Waals surface area contributed by atoms with E-state index in [1.165, 1.54) is 0 Å². The van der Waals surface area contributed by atoms with Gasteiger partial charge in [0.25, 0.3) is 5.91 Å². The number of benzene rings is 1. The minimum atomic E-state index is -0.651. The number of urea groups is 1. The molecule has 0 saturated carbocycles. The van der Waals surface area contributed by atoms with Crippen molar-refractivity contribution in [2.45, 2.75) is 6.10 Å². The van der Waals surface area contributed by atoms with Crippen molar-refractivity contribution < 1.29 is 14.7 Å². The lowest BCUT2D eigenvalue weighted by atomic mass is 10.2. The van der Waals surface area contributed by atoms with E-state index in [1.54, 1.807) is 24.3 Å². The summed E-state index contributed by atoms with van der Waals surface area (Å²) in [5, 5.41) is 14.8. The maximum absolute atomic E-state index is 11.6. The van der Waals surface area contributed by atoms with E-state index >= 15 is 0 Å². The number of hydrogen-bond donors (Lipinski definition) is 3. The van der Waals surface area contributed by atoms with E-state index in [2.05, 4.69) is 10.6 Å². The average Bonchev–Trinajstić information content (AvgIpc) is 2.75. The summed E-state index contributed by atoms with van der Waals surface area (Å²) in [7, 11) is 0. The van der Waals surface area contributed by atoms with Gasteiger partial charge >= 0.3 is 6.03 Å². The van der Waals surface area contributed by atoms with Gasteiger partial charge in [-0.05, 0) is 18.2 Å². The zero-order valence-electron chi connectivity index (χ0n) is 10.1. The van der Waals surface area contributed by atoms with Gasteiger partial charge in [0, 0.05) is 12.2 Å². The number of carbonyl (C=O) groups excluding carboxylic acids is 2. The van der Waals surface area contributed by atoms with Crippen molar-refractivity contribution in [1.82, 2.24) is 5.32 Å². The van der Waals surface area contributed by atoms with Gasteiger partial charge in [0.1, 0.15) is 0 Å². The largest absolute Gasteiger partial charge is 0.390 e. The van der Waals surface area contributed by atoms with Crippen LogP contribution in [0.15, 0.2) is 24.3 Å². The highest BCUT2D eigenvalue weighted by molar-refractivity contribution is 6.20. The molecular formula is C12H14ClN3O3. The van der Waals surface area contributed by atoms with Crippen molar-refractivity contribution in [2.24, 2.45) is 0 Å². The maximum atomic E-state index is 11.6. The number of halogens is 1. The van der Waals surface area contributed by atoms with Gasteiger partial charge in [0.05, 0.1) is 24.2 Å². The van der Waals surface area contributed by atoms with Gasteiger partial charge < -0.3 is 15.7 Å². The zero-order chi connectivity index (χ0) is 13.8. The molecule has 1 aromatic rings. The molecule has 0 bridgehead atoms. The van der Waals surface area contributed by atoms with Crippen LogP contribution >= 0.6 is 11.6 Å². The first kappa shape index (κ1) is 13.6. The van der Waals surface area contributed by atoms with E-state index in [0.29, 0.717) is 17.9 Å². The van der Waals surface area contributed by atoms with Crippen LogP contribution in [0.5, 0.6) is 0 Å². The standard InChI is InChI=1S/C12H14ClN3O3/c13-5-10(17)6-14-8-2-1-3-9(4-8)16-11(18)7-15-12(16)19/h1-4,10,14,17H,5-7H2,(H,15,19). The van der Waals surface area contributed by atoms with Crippen molar-refractivity contribution in [2.75, 3.05) is 29.2 Å². The van der Waals surface area contributed by atoms with Gasteiger partial charge in [-0.3, -0.25) is 4.79 Å². The summed E-state index contributed by atoms with van der Waals surface area (Å²) >= 11 is 5.50. The summed E-state index contributed by atoms with van der Waals surface area (Å²) in [4.78, 5) is 24.2. The minimum Gasteiger partial charge on any atom is -0.390 e. The van der Waals surface area contributed by atoms with Crippen molar-refractivity contribution in [3.8, 4) is 0 Å². The molecule has 1 heterocycles. The Kier molecular flexibility index (Phi) is 4.24. The summed E-state index contributed by atoms with van der Waals surface area (Å²) in [5.41, 5.74) is 1.19. The Balaban J connectivity index is 2.11. The normalized spacial score (nSPS) is 16.4. The maximum Gasteiger partial charge on any atom is 0.329 e. The van der Waals surface area contributed by atoms with Gasteiger partial charge in [-0.25, -0.2) is 9.69 Å². The highest BCUT2D eigenvalue weighted by atomic mass is 35.5. The van der Waals surface area contributed by atoms with Crippen LogP contribution in [0.1, 0.15) is 0 Å². The Morgan fingerprint density at radius 1 is 1.47 bits per heavy atom. The molecule has 0 radical (unpaired) electrons. The molecule has 1 atom stereocenters. The number of amides is 3. The molecule has 6 nitrogen and oxygen atoms in total. The van der Waals surface area contributed by atoms with Crippen LogP contribution in [0.2, 0.25) is 0 Å². The quantitative estimate of drug-likeness (QED) is 0.550.